The van der Waals surface area contributed by atoms with E-state index in [0.29, 0.717) is 19.4 Å². The summed E-state index contributed by atoms with van der Waals surface area (Å²) in [5.74, 6) is 0.160. The first-order valence-corrected chi connectivity index (χ1v) is 7.22. The first-order chi connectivity index (χ1) is 9.66. The summed E-state index contributed by atoms with van der Waals surface area (Å²) in [7, 11) is 1.85. The van der Waals surface area contributed by atoms with Crippen LogP contribution in [0.5, 0.6) is 0 Å². The average Bonchev–Trinajstić information content (AvgIpc) is 2.48. The fraction of sp³-hybridized carbons (Fsp3) is 0.500. The Morgan fingerprint density at radius 2 is 2.10 bits per heavy atom. The van der Waals surface area contributed by atoms with Crippen LogP contribution in [0.15, 0.2) is 30.3 Å². The number of amides is 2. The molecule has 4 nitrogen and oxygen atoms in total. The van der Waals surface area contributed by atoms with Crippen LogP contribution in [0.1, 0.15) is 24.8 Å². The molecule has 1 aliphatic heterocycles. The Morgan fingerprint density at radius 3 is 2.75 bits per heavy atom. The summed E-state index contributed by atoms with van der Waals surface area (Å²) in [5.41, 5.74) is 1.30. The molecule has 0 spiro atoms. The lowest BCUT2D eigenvalue weighted by Crippen LogP contribution is -2.43. The quantitative estimate of drug-likeness (QED) is 0.886. The van der Waals surface area contributed by atoms with Crippen molar-refractivity contribution < 1.29 is 9.59 Å². The van der Waals surface area contributed by atoms with E-state index in [2.05, 4.69) is 17.4 Å². The standard InChI is InChI=1S/C16H22N2O2/c1-18(11-5-8-13-6-3-2-4-7-13)16(20)14-9-10-15(19)17-12-14/h2-4,6-7,14H,5,8-12H2,1H3,(H,17,19). The van der Waals surface area contributed by atoms with E-state index < -0.39 is 0 Å². The lowest BCUT2D eigenvalue weighted by Gasteiger charge is -2.26. The number of carbonyl (C=O) groups excluding carboxylic acids is 2. The predicted octanol–water partition coefficient (Wildman–Crippen LogP) is 1.60. The van der Waals surface area contributed by atoms with Gasteiger partial charge in [0.25, 0.3) is 0 Å². The summed E-state index contributed by atoms with van der Waals surface area (Å²) < 4.78 is 0. The zero-order chi connectivity index (χ0) is 14.4. The van der Waals surface area contributed by atoms with Crippen LogP contribution in [0.2, 0.25) is 0 Å². The molecule has 1 heterocycles. The average molecular weight is 274 g/mol. The van der Waals surface area contributed by atoms with Gasteiger partial charge in [-0.1, -0.05) is 30.3 Å². The van der Waals surface area contributed by atoms with Gasteiger partial charge in [0, 0.05) is 26.6 Å². The normalized spacial score (nSPS) is 18.4. The van der Waals surface area contributed by atoms with Crippen molar-refractivity contribution in [1.29, 1.82) is 0 Å². The van der Waals surface area contributed by atoms with E-state index in [1.54, 1.807) is 4.90 Å². The van der Waals surface area contributed by atoms with Crippen LogP contribution in [-0.4, -0.2) is 36.9 Å². The molecule has 0 aromatic heterocycles. The number of rotatable bonds is 5. The number of nitrogens with one attached hydrogen (secondary N) is 1. The van der Waals surface area contributed by atoms with Crippen molar-refractivity contribution in [1.82, 2.24) is 10.2 Å². The molecule has 1 aromatic carbocycles. The summed E-state index contributed by atoms with van der Waals surface area (Å²) >= 11 is 0. The van der Waals surface area contributed by atoms with Crippen LogP contribution in [0.25, 0.3) is 0 Å². The van der Waals surface area contributed by atoms with Crippen LogP contribution < -0.4 is 5.32 Å². The molecule has 0 aliphatic carbocycles. The molecule has 1 fully saturated rings. The second-order valence-electron chi connectivity index (χ2n) is 5.39. The van der Waals surface area contributed by atoms with Crippen molar-refractivity contribution in [3.8, 4) is 0 Å². The third kappa shape index (κ3) is 4.08. The maximum absolute atomic E-state index is 12.2. The van der Waals surface area contributed by atoms with E-state index in [0.717, 1.165) is 19.4 Å². The molecule has 2 rings (SSSR count). The molecule has 108 valence electrons. The number of nitrogens with zero attached hydrogens (tertiary/aromatic N) is 1. The van der Waals surface area contributed by atoms with Crippen LogP contribution in [0.4, 0.5) is 0 Å². The van der Waals surface area contributed by atoms with E-state index in [-0.39, 0.29) is 17.7 Å². The third-order valence-electron chi connectivity index (χ3n) is 3.79. The first-order valence-electron chi connectivity index (χ1n) is 7.22. The highest BCUT2D eigenvalue weighted by atomic mass is 16.2. The molecule has 1 aromatic rings. The largest absolute Gasteiger partial charge is 0.355 e. The molecule has 20 heavy (non-hydrogen) atoms. The highest BCUT2D eigenvalue weighted by Crippen LogP contribution is 2.14. The summed E-state index contributed by atoms with van der Waals surface area (Å²) in [4.78, 5) is 25.1. The van der Waals surface area contributed by atoms with E-state index in [4.69, 9.17) is 0 Å². The van der Waals surface area contributed by atoms with Gasteiger partial charge < -0.3 is 10.2 Å². The van der Waals surface area contributed by atoms with Crippen LogP contribution in [0, 0.1) is 5.92 Å². The molecule has 1 saturated heterocycles. The Hall–Kier alpha value is -1.84. The lowest BCUT2D eigenvalue weighted by atomic mass is 9.97. The van der Waals surface area contributed by atoms with Crippen molar-refractivity contribution in [2.75, 3.05) is 20.1 Å². The summed E-state index contributed by atoms with van der Waals surface area (Å²) in [5, 5.41) is 2.76. The Kier molecular flexibility index (Phi) is 5.16. The Labute approximate surface area is 120 Å². The molecule has 1 aliphatic rings. The van der Waals surface area contributed by atoms with E-state index in [1.165, 1.54) is 5.56 Å². The fourth-order valence-corrected chi connectivity index (χ4v) is 2.53. The van der Waals surface area contributed by atoms with Crippen molar-refractivity contribution in [2.45, 2.75) is 25.7 Å². The molecule has 0 saturated carbocycles. The molecular weight excluding hydrogens is 252 g/mol. The smallest absolute Gasteiger partial charge is 0.227 e. The molecular formula is C16H22N2O2. The number of hydrogen-bond donors (Lipinski definition) is 1. The van der Waals surface area contributed by atoms with Crippen LogP contribution in [-0.2, 0) is 16.0 Å². The van der Waals surface area contributed by atoms with E-state index >= 15 is 0 Å². The van der Waals surface area contributed by atoms with Gasteiger partial charge in [-0.25, -0.2) is 0 Å². The van der Waals surface area contributed by atoms with Gasteiger partial charge in [0.1, 0.15) is 0 Å². The van der Waals surface area contributed by atoms with Gasteiger partial charge >= 0.3 is 0 Å². The minimum absolute atomic E-state index is 0.0468. The van der Waals surface area contributed by atoms with Gasteiger partial charge in [0.15, 0.2) is 0 Å². The highest BCUT2D eigenvalue weighted by Gasteiger charge is 2.26. The minimum atomic E-state index is -0.0468. The maximum Gasteiger partial charge on any atom is 0.227 e. The Bertz CT molecular complexity index is 449. The summed E-state index contributed by atoms with van der Waals surface area (Å²) in [6, 6.07) is 10.3. The van der Waals surface area contributed by atoms with Crippen molar-refractivity contribution >= 4 is 11.8 Å². The maximum atomic E-state index is 12.2. The van der Waals surface area contributed by atoms with Gasteiger partial charge in [-0.15, -0.1) is 0 Å². The zero-order valence-corrected chi connectivity index (χ0v) is 12.0. The number of piperidine rings is 1. The van der Waals surface area contributed by atoms with Gasteiger partial charge in [-0.05, 0) is 24.8 Å². The number of hydrogen-bond acceptors (Lipinski definition) is 2. The third-order valence-corrected chi connectivity index (χ3v) is 3.79. The molecule has 0 radical (unpaired) electrons. The molecule has 4 heteroatoms. The molecule has 2 amide bonds. The van der Waals surface area contributed by atoms with Gasteiger partial charge in [0.2, 0.25) is 11.8 Å². The molecule has 1 N–H and O–H groups in total. The first kappa shape index (κ1) is 14.6. The van der Waals surface area contributed by atoms with Crippen molar-refractivity contribution in [2.24, 2.45) is 5.92 Å². The lowest BCUT2D eigenvalue weighted by molar-refractivity contribution is -0.136. The second-order valence-corrected chi connectivity index (χ2v) is 5.39. The fourth-order valence-electron chi connectivity index (χ4n) is 2.53. The molecule has 1 atom stereocenters. The van der Waals surface area contributed by atoms with Gasteiger partial charge in [0.05, 0.1) is 5.92 Å². The van der Waals surface area contributed by atoms with Crippen molar-refractivity contribution in [3.05, 3.63) is 35.9 Å². The van der Waals surface area contributed by atoms with Crippen LogP contribution >= 0.6 is 0 Å². The Morgan fingerprint density at radius 1 is 1.35 bits per heavy atom. The van der Waals surface area contributed by atoms with Crippen LogP contribution in [0.3, 0.4) is 0 Å². The van der Waals surface area contributed by atoms with E-state index in [1.807, 2.05) is 25.2 Å². The summed E-state index contributed by atoms with van der Waals surface area (Å²) in [6.45, 7) is 1.25. The molecule has 1 unspecified atom stereocenters. The molecule has 0 bridgehead atoms. The second kappa shape index (κ2) is 7.08. The number of carbonyl (C=O) groups is 2. The predicted molar refractivity (Wildman–Crippen MR) is 78.1 cm³/mol. The highest BCUT2D eigenvalue weighted by molar-refractivity contribution is 5.83. The monoisotopic (exact) mass is 274 g/mol. The SMILES string of the molecule is CN(CCCc1ccccc1)C(=O)C1CCC(=O)NC1. The topological polar surface area (TPSA) is 49.4 Å². The zero-order valence-electron chi connectivity index (χ0n) is 12.0. The number of benzene rings is 1. The Balaban J connectivity index is 1.72. The van der Waals surface area contributed by atoms with Gasteiger partial charge in [-0.2, -0.15) is 0 Å². The minimum Gasteiger partial charge on any atom is -0.355 e. The van der Waals surface area contributed by atoms with Crippen molar-refractivity contribution in [3.63, 3.8) is 0 Å². The number of aryl methyl sites for hydroxylation is 1. The van der Waals surface area contributed by atoms with E-state index in [9.17, 15) is 9.59 Å². The van der Waals surface area contributed by atoms with Gasteiger partial charge in [-0.3, -0.25) is 9.59 Å². The summed E-state index contributed by atoms with van der Waals surface area (Å²) in [6.07, 6.45) is 3.09.